The first-order valence-corrected chi connectivity index (χ1v) is 6.41. The quantitative estimate of drug-likeness (QED) is 0.863. The van der Waals surface area contributed by atoms with E-state index in [9.17, 15) is 18.8 Å². The van der Waals surface area contributed by atoms with Crippen LogP contribution < -0.4 is 15.0 Å². The van der Waals surface area contributed by atoms with Gasteiger partial charge in [0.15, 0.2) is 11.6 Å². The van der Waals surface area contributed by atoms with Gasteiger partial charge in [0.1, 0.15) is 5.41 Å². The monoisotopic (exact) mass is 294 g/mol. The fraction of sp³-hybridized carbons (Fsp3) is 0.357. The van der Waals surface area contributed by atoms with Crippen LogP contribution in [0.15, 0.2) is 18.2 Å². The average molecular weight is 294 g/mol. The maximum Gasteiger partial charge on any atom is 0.335 e. The molecule has 4 amide bonds. The lowest BCUT2D eigenvalue weighted by molar-refractivity contribution is -0.140. The van der Waals surface area contributed by atoms with Gasteiger partial charge in [-0.05, 0) is 32.9 Å². The molecule has 0 saturated carbocycles. The van der Waals surface area contributed by atoms with Gasteiger partial charge in [-0.15, -0.1) is 0 Å². The van der Waals surface area contributed by atoms with Crippen molar-refractivity contribution in [3.63, 3.8) is 0 Å². The predicted molar refractivity (Wildman–Crippen MR) is 72.4 cm³/mol. The van der Waals surface area contributed by atoms with E-state index >= 15 is 0 Å². The van der Waals surface area contributed by atoms with Crippen LogP contribution in [0.3, 0.4) is 0 Å². The highest BCUT2D eigenvalue weighted by atomic mass is 19.1. The van der Waals surface area contributed by atoms with Crippen LogP contribution in [-0.2, 0) is 9.59 Å². The summed E-state index contributed by atoms with van der Waals surface area (Å²) in [6, 6.07) is 2.84. The van der Waals surface area contributed by atoms with Crippen molar-refractivity contribution in [3.05, 3.63) is 24.0 Å². The SMILES string of the molecule is CCOc1ccc(N2C(=O)NC(=O)C(C)(C)C2=O)cc1F. The highest BCUT2D eigenvalue weighted by Gasteiger charge is 2.47. The molecule has 1 saturated heterocycles. The van der Waals surface area contributed by atoms with Gasteiger partial charge in [-0.3, -0.25) is 14.9 Å². The van der Waals surface area contributed by atoms with Crippen molar-refractivity contribution in [2.24, 2.45) is 5.41 Å². The average Bonchev–Trinajstić information content (AvgIpc) is 2.40. The number of nitrogens with one attached hydrogen (secondary N) is 1. The van der Waals surface area contributed by atoms with Crippen LogP contribution in [0.1, 0.15) is 20.8 Å². The second-order valence-corrected chi connectivity index (χ2v) is 5.07. The third-order valence-corrected chi connectivity index (χ3v) is 3.20. The summed E-state index contributed by atoms with van der Waals surface area (Å²) in [7, 11) is 0. The Bertz CT molecular complexity index is 627. The molecule has 1 aliphatic rings. The van der Waals surface area contributed by atoms with Gasteiger partial charge in [-0.2, -0.15) is 0 Å². The Morgan fingerprint density at radius 1 is 1.29 bits per heavy atom. The highest BCUT2D eigenvalue weighted by Crippen LogP contribution is 2.30. The zero-order valence-corrected chi connectivity index (χ0v) is 11.9. The Kier molecular flexibility index (Phi) is 3.67. The molecule has 112 valence electrons. The molecule has 1 aliphatic heterocycles. The van der Waals surface area contributed by atoms with E-state index in [0.717, 1.165) is 11.0 Å². The summed E-state index contributed by atoms with van der Waals surface area (Å²) in [4.78, 5) is 36.5. The first-order valence-electron chi connectivity index (χ1n) is 6.41. The van der Waals surface area contributed by atoms with Crippen LogP contribution in [0.4, 0.5) is 14.9 Å². The molecule has 1 aromatic carbocycles. The molecule has 0 unspecified atom stereocenters. The van der Waals surface area contributed by atoms with Gasteiger partial charge < -0.3 is 4.74 Å². The van der Waals surface area contributed by atoms with Crippen molar-refractivity contribution in [1.82, 2.24) is 5.32 Å². The van der Waals surface area contributed by atoms with E-state index in [4.69, 9.17) is 4.74 Å². The second kappa shape index (κ2) is 5.16. The lowest BCUT2D eigenvalue weighted by atomic mass is 9.88. The Balaban J connectivity index is 2.41. The van der Waals surface area contributed by atoms with Crippen LogP contribution in [0.5, 0.6) is 5.75 Å². The lowest BCUT2D eigenvalue weighted by Crippen LogP contribution is -2.62. The van der Waals surface area contributed by atoms with Gasteiger partial charge in [0.05, 0.1) is 12.3 Å². The summed E-state index contributed by atoms with van der Waals surface area (Å²) >= 11 is 0. The molecule has 1 fully saturated rings. The summed E-state index contributed by atoms with van der Waals surface area (Å²) < 4.78 is 18.9. The Labute approximate surface area is 120 Å². The number of nitrogens with zero attached hydrogens (tertiary/aromatic N) is 1. The summed E-state index contributed by atoms with van der Waals surface area (Å²) in [5.41, 5.74) is -1.36. The second-order valence-electron chi connectivity index (χ2n) is 5.07. The van der Waals surface area contributed by atoms with Crippen molar-refractivity contribution < 1.29 is 23.5 Å². The highest BCUT2D eigenvalue weighted by molar-refractivity contribution is 6.29. The number of anilines is 1. The predicted octanol–water partition coefficient (Wildman–Crippen LogP) is 1.83. The van der Waals surface area contributed by atoms with Gasteiger partial charge in [0.25, 0.3) is 0 Å². The van der Waals surface area contributed by atoms with Crippen LogP contribution in [0.2, 0.25) is 0 Å². The summed E-state index contributed by atoms with van der Waals surface area (Å²) in [5, 5.41) is 2.08. The molecule has 0 aliphatic carbocycles. The van der Waals surface area contributed by atoms with E-state index in [-0.39, 0.29) is 11.4 Å². The van der Waals surface area contributed by atoms with Gasteiger partial charge in [0.2, 0.25) is 11.8 Å². The number of carbonyl (C=O) groups is 3. The van der Waals surface area contributed by atoms with Crippen LogP contribution >= 0.6 is 0 Å². The summed E-state index contributed by atoms with van der Waals surface area (Å²) in [6.07, 6.45) is 0. The van der Waals surface area contributed by atoms with Gasteiger partial charge in [-0.25, -0.2) is 14.1 Å². The third-order valence-electron chi connectivity index (χ3n) is 3.20. The Hall–Kier alpha value is -2.44. The van der Waals surface area contributed by atoms with Gasteiger partial charge >= 0.3 is 6.03 Å². The molecule has 0 atom stereocenters. The summed E-state index contributed by atoms with van der Waals surface area (Å²) in [6.45, 7) is 4.80. The molecule has 21 heavy (non-hydrogen) atoms. The lowest BCUT2D eigenvalue weighted by Gasteiger charge is -2.34. The minimum Gasteiger partial charge on any atom is -0.491 e. The van der Waals surface area contributed by atoms with Crippen molar-refractivity contribution >= 4 is 23.5 Å². The first kappa shape index (κ1) is 15.0. The first-order chi connectivity index (χ1) is 9.78. The maximum atomic E-state index is 13.9. The fourth-order valence-electron chi connectivity index (χ4n) is 1.91. The molecule has 6 nitrogen and oxygen atoms in total. The number of amides is 4. The molecule has 0 radical (unpaired) electrons. The van der Waals surface area contributed by atoms with Crippen molar-refractivity contribution in [2.45, 2.75) is 20.8 Å². The number of imide groups is 2. The van der Waals surface area contributed by atoms with E-state index < -0.39 is 29.1 Å². The van der Waals surface area contributed by atoms with Crippen LogP contribution in [-0.4, -0.2) is 24.5 Å². The normalized spacial score (nSPS) is 17.7. The van der Waals surface area contributed by atoms with Gasteiger partial charge in [0, 0.05) is 6.07 Å². The number of benzene rings is 1. The topological polar surface area (TPSA) is 75.7 Å². The van der Waals surface area contributed by atoms with E-state index in [0.29, 0.717) is 6.61 Å². The number of halogens is 1. The van der Waals surface area contributed by atoms with Gasteiger partial charge in [-0.1, -0.05) is 0 Å². The number of hydrogen-bond donors (Lipinski definition) is 1. The largest absolute Gasteiger partial charge is 0.491 e. The molecule has 2 rings (SSSR count). The Morgan fingerprint density at radius 3 is 2.52 bits per heavy atom. The number of hydrogen-bond acceptors (Lipinski definition) is 4. The van der Waals surface area contributed by atoms with Crippen molar-refractivity contribution in [1.29, 1.82) is 0 Å². The standard InChI is InChI=1S/C14H15FN2O4/c1-4-21-10-6-5-8(7-9(10)15)17-12(19)14(2,3)11(18)16-13(17)20/h5-7H,4H2,1-3H3,(H,16,18,20). The fourth-order valence-corrected chi connectivity index (χ4v) is 1.91. The van der Waals surface area contributed by atoms with Crippen molar-refractivity contribution in [2.75, 3.05) is 11.5 Å². The van der Waals surface area contributed by atoms with E-state index in [1.165, 1.54) is 26.0 Å². The number of carbonyl (C=O) groups excluding carboxylic acids is 3. The maximum absolute atomic E-state index is 13.9. The minimum atomic E-state index is -1.40. The number of ether oxygens (including phenoxy) is 1. The minimum absolute atomic E-state index is 0.0291. The molecule has 1 aromatic rings. The van der Waals surface area contributed by atoms with E-state index in [1.54, 1.807) is 6.92 Å². The smallest absolute Gasteiger partial charge is 0.335 e. The zero-order chi connectivity index (χ0) is 15.8. The van der Waals surface area contributed by atoms with Crippen molar-refractivity contribution in [3.8, 4) is 5.75 Å². The molecule has 0 aromatic heterocycles. The number of rotatable bonds is 3. The zero-order valence-electron chi connectivity index (χ0n) is 11.9. The van der Waals surface area contributed by atoms with E-state index in [1.807, 2.05) is 0 Å². The number of urea groups is 1. The third kappa shape index (κ3) is 2.46. The molecule has 0 bridgehead atoms. The molecule has 1 N–H and O–H groups in total. The molecule has 7 heteroatoms. The van der Waals surface area contributed by atoms with E-state index in [2.05, 4.69) is 5.32 Å². The molecule has 0 spiro atoms. The molecular formula is C14H15FN2O4. The molecule has 1 heterocycles. The van der Waals surface area contributed by atoms with Crippen LogP contribution in [0, 0.1) is 11.2 Å². The van der Waals surface area contributed by atoms with Crippen LogP contribution in [0.25, 0.3) is 0 Å². The Morgan fingerprint density at radius 2 is 1.95 bits per heavy atom. The number of barbiturate groups is 1. The summed E-state index contributed by atoms with van der Waals surface area (Å²) in [5.74, 6) is -2.05. The molecular weight excluding hydrogens is 279 g/mol.